The lowest BCUT2D eigenvalue weighted by Gasteiger charge is -2.47. The number of ether oxygens (including phenoxy) is 1. The molecule has 0 bridgehead atoms. The molecule has 2 saturated heterocycles. The first-order valence-corrected chi connectivity index (χ1v) is 9.38. The molecule has 2 aliphatic heterocycles. The van der Waals surface area contributed by atoms with E-state index in [-0.39, 0.29) is 23.5 Å². The predicted octanol–water partition coefficient (Wildman–Crippen LogP) is 2.53. The Morgan fingerprint density at radius 1 is 1.27 bits per heavy atom. The van der Waals surface area contributed by atoms with Gasteiger partial charge in [-0.1, -0.05) is 0 Å². The number of nitrogens with zero attached hydrogens (tertiary/aromatic N) is 4. The molecule has 0 saturated carbocycles. The van der Waals surface area contributed by atoms with Crippen LogP contribution in [0.1, 0.15) is 50.9 Å². The van der Waals surface area contributed by atoms with Crippen molar-refractivity contribution in [3.63, 3.8) is 0 Å². The minimum Gasteiger partial charge on any atom is -0.447 e. The standard InChI is InChI=1S/C19H28N4O3/c1-14(2)26-18(25)22-8-4-6-19(12-22)7-5-17(24)23(13-19)11-16-10-20-15(3)9-21-16/h9-10,14H,4-8,11-13H2,1-3H3/t19-/m0/s1. The van der Waals surface area contributed by atoms with E-state index in [1.165, 1.54) is 0 Å². The van der Waals surface area contributed by atoms with Gasteiger partial charge in [-0.2, -0.15) is 0 Å². The second kappa shape index (κ2) is 7.60. The Kier molecular flexibility index (Phi) is 5.44. The fourth-order valence-electron chi connectivity index (χ4n) is 3.92. The van der Waals surface area contributed by atoms with Crippen molar-refractivity contribution >= 4 is 12.0 Å². The molecule has 3 rings (SSSR count). The maximum Gasteiger partial charge on any atom is 0.410 e. The van der Waals surface area contributed by atoms with E-state index in [1.807, 2.05) is 30.6 Å². The molecular formula is C19H28N4O3. The maximum absolute atomic E-state index is 12.4. The van der Waals surface area contributed by atoms with E-state index in [0.717, 1.165) is 37.2 Å². The highest BCUT2D eigenvalue weighted by Crippen LogP contribution is 2.39. The summed E-state index contributed by atoms with van der Waals surface area (Å²) in [5.74, 6) is 0.153. The topological polar surface area (TPSA) is 75.6 Å². The normalized spacial score (nSPS) is 23.6. The third kappa shape index (κ3) is 4.31. The van der Waals surface area contributed by atoms with Gasteiger partial charge in [0.2, 0.25) is 5.91 Å². The van der Waals surface area contributed by atoms with Gasteiger partial charge in [-0.3, -0.25) is 14.8 Å². The highest BCUT2D eigenvalue weighted by atomic mass is 16.6. The molecule has 0 N–H and O–H groups in total. The van der Waals surface area contributed by atoms with Crippen molar-refractivity contribution in [2.45, 2.75) is 59.1 Å². The number of amides is 2. The molecule has 0 radical (unpaired) electrons. The molecule has 1 aromatic heterocycles. The average molecular weight is 360 g/mol. The lowest BCUT2D eigenvalue weighted by Crippen LogP contribution is -2.55. The van der Waals surface area contributed by atoms with Crippen LogP contribution < -0.4 is 0 Å². The van der Waals surface area contributed by atoms with Gasteiger partial charge in [0.05, 0.1) is 30.2 Å². The van der Waals surface area contributed by atoms with Gasteiger partial charge in [-0.25, -0.2) is 4.79 Å². The zero-order valence-corrected chi connectivity index (χ0v) is 15.9. The second-order valence-corrected chi connectivity index (χ2v) is 7.86. The Labute approximate surface area is 154 Å². The van der Waals surface area contributed by atoms with Gasteiger partial charge in [0.1, 0.15) is 0 Å². The van der Waals surface area contributed by atoms with Gasteiger partial charge in [-0.05, 0) is 40.0 Å². The quantitative estimate of drug-likeness (QED) is 0.828. The van der Waals surface area contributed by atoms with Gasteiger partial charge in [0.25, 0.3) is 0 Å². The lowest BCUT2D eigenvalue weighted by atomic mass is 9.73. The van der Waals surface area contributed by atoms with Crippen LogP contribution in [0.4, 0.5) is 4.79 Å². The minimum absolute atomic E-state index is 0.0414. The van der Waals surface area contributed by atoms with Gasteiger partial charge >= 0.3 is 6.09 Å². The van der Waals surface area contributed by atoms with Crippen LogP contribution in [0.5, 0.6) is 0 Å². The van der Waals surface area contributed by atoms with Crippen LogP contribution in [-0.4, -0.2) is 57.5 Å². The molecule has 26 heavy (non-hydrogen) atoms. The monoisotopic (exact) mass is 360 g/mol. The molecule has 0 unspecified atom stereocenters. The summed E-state index contributed by atoms with van der Waals surface area (Å²) < 4.78 is 5.37. The number of hydrogen-bond donors (Lipinski definition) is 0. The predicted molar refractivity (Wildman–Crippen MR) is 96.3 cm³/mol. The molecule has 1 atom stereocenters. The van der Waals surface area contributed by atoms with Crippen LogP contribution in [0.25, 0.3) is 0 Å². The van der Waals surface area contributed by atoms with Gasteiger partial charge in [0, 0.05) is 37.7 Å². The van der Waals surface area contributed by atoms with Crippen molar-refractivity contribution in [3.8, 4) is 0 Å². The van der Waals surface area contributed by atoms with Crippen molar-refractivity contribution < 1.29 is 14.3 Å². The molecule has 1 aromatic rings. The molecule has 2 amide bonds. The van der Waals surface area contributed by atoms with Crippen molar-refractivity contribution in [1.82, 2.24) is 19.8 Å². The summed E-state index contributed by atoms with van der Waals surface area (Å²) in [6.45, 7) is 8.14. The second-order valence-electron chi connectivity index (χ2n) is 7.86. The third-order valence-electron chi connectivity index (χ3n) is 5.19. The zero-order valence-electron chi connectivity index (χ0n) is 15.9. The minimum atomic E-state index is -0.244. The summed E-state index contributed by atoms with van der Waals surface area (Å²) in [5, 5.41) is 0. The highest BCUT2D eigenvalue weighted by Gasteiger charge is 2.43. The number of carbonyl (C=O) groups is 2. The number of rotatable bonds is 3. The summed E-state index contributed by atoms with van der Waals surface area (Å²) in [5.41, 5.74) is 1.62. The Morgan fingerprint density at radius 3 is 2.77 bits per heavy atom. The summed E-state index contributed by atoms with van der Waals surface area (Å²) in [7, 11) is 0. The van der Waals surface area contributed by atoms with Crippen molar-refractivity contribution in [1.29, 1.82) is 0 Å². The number of hydrogen-bond acceptors (Lipinski definition) is 5. The van der Waals surface area contributed by atoms with Crippen molar-refractivity contribution in [2.24, 2.45) is 5.41 Å². The maximum atomic E-state index is 12.4. The third-order valence-corrected chi connectivity index (χ3v) is 5.19. The molecule has 7 nitrogen and oxygen atoms in total. The Balaban J connectivity index is 1.68. The van der Waals surface area contributed by atoms with E-state index >= 15 is 0 Å². The van der Waals surface area contributed by atoms with Crippen molar-refractivity contribution in [3.05, 3.63) is 23.8 Å². The van der Waals surface area contributed by atoms with E-state index in [1.54, 1.807) is 12.4 Å². The molecule has 2 aliphatic rings. The van der Waals surface area contributed by atoms with E-state index in [0.29, 0.717) is 26.1 Å². The summed E-state index contributed by atoms with van der Waals surface area (Å²) >= 11 is 0. The molecular weight excluding hydrogens is 332 g/mol. The first-order chi connectivity index (χ1) is 12.4. The smallest absolute Gasteiger partial charge is 0.410 e. The summed E-state index contributed by atoms with van der Waals surface area (Å²) in [6, 6.07) is 0. The number of likely N-dealkylation sites (tertiary alicyclic amines) is 2. The first kappa shape index (κ1) is 18.6. The van der Waals surface area contributed by atoms with E-state index in [9.17, 15) is 9.59 Å². The molecule has 0 aliphatic carbocycles. The number of carbonyl (C=O) groups excluding carboxylic acids is 2. The van der Waals surface area contributed by atoms with Crippen LogP contribution in [0, 0.1) is 12.3 Å². The van der Waals surface area contributed by atoms with Crippen LogP contribution >= 0.6 is 0 Å². The van der Waals surface area contributed by atoms with E-state index < -0.39 is 0 Å². The van der Waals surface area contributed by atoms with Crippen LogP contribution in [0.15, 0.2) is 12.4 Å². The molecule has 7 heteroatoms. The van der Waals surface area contributed by atoms with Crippen LogP contribution in [0.3, 0.4) is 0 Å². The fraction of sp³-hybridized carbons (Fsp3) is 0.684. The lowest BCUT2D eigenvalue weighted by molar-refractivity contribution is -0.140. The number of aryl methyl sites for hydroxylation is 1. The summed E-state index contributed by atoms with van der Waals surface area (Å²) in [6.07, 6.45) is 6.42. The Morgan fingerprint density at radius 2 is 2.08 bits per heavy atom. The molecule has 0 aromatic carbocycles. The molecule has 142 valence electrons. The fourth-order valence-corrected chi connectivity index (χ4v) is 3.92. The molecule has 1 spiro atoms. The Bertz CT molecular complexity index is 661. The van der Waals surface area contributed by atoms with Gasteiger partial charge in [0.15, 0.2) is 0 Å². The molecule has 3 heterocycles. The SMILES string of the molecule is Cc1cnc(CN2C[C@@]3(CCCN(C(=O)OC(C)C)C3)CCC2=O)cn1. The van der Waals surface area contributed by atoms with Crippen LogP contribution in [-0.2, 0) is 16.1 Å². The molecule has 2 fully saturated rings. The van der Waals surface area contributed by atoms with E-state index in [4.69, 9.17) is 4.74 Å². The number of piperidine rings is 2. The van der Waals surface area contributed by atoms with Crippen LogP contribution in [0.2, 0.25) is 0 Å². The average Bonchev–Trinajstić information content (AvgIpc) is 2.60. The number of aromatic nitrogens is 2. The first-order valence-electron chi connectivity index (χ1n) is 9.38. The van der Waals surface area contributed by atoms with Gasteiger partial charge in [-0.15, -0.1) is 0 Å². The van der Waals surface area contributed by atoms with E-state index in [2.05, 4.69) is 9.97 Å². The highest BCUT2D eigenvalue weighted by molar-refractivity contribution is 5.77. The van der Waals surface area contributed by atoms with Crippen molar-refractivity contribution in [2.75, 3.05) is 19.6 Å². The van der Waals surface area contributed by atoms with Gasteiger partial charge < -0.3 is 14.5 Å². The largest absolute Gasteiger partial charge is 0.447 e. The Hall–Kier alpha value is -2.18. The zero-order chi connectivity index (χ0) is 18.7. The summed E-state index contributed by atoms with van der Waals surface area (Å²) in [4.78, 5) is 37.1.